The molecule has 0 aliphatic rings. The van der Waals surface area contributed by atoms with Crippen LogP contribution in [0.2, 0.25) is 0 Å². The lowest BCUT2D eigenvalue weighted by Crippen LogP contribution is -2.28. The lowest BCUT2D eigenvalue weighted by atomic mass is 9.95. The van der Waals surface area contributed by atoms with Crippen LogP contribution in [0.4, 0.5) is 10.1 Å². The lowest BCUT2D eigenvalue weighted by Gasteiger charge is -2.19. The van der Waals surface area contributed by atoms with Gasteiger partial charge in [0.15, 0.2) is 0 Å². The Kier molecular flexibility index (Phi) is 4.58. The molecule has 0 saturated heterocycles. The number of aliphatic carboxylic acids is 1. The number of carbonyl (C=O) groups excluding carboxylic acids is 1. The van der Waals surface area contributed by atoms with Crippen molar-refractivity contribution in [2.75, 3.05) is 5.32 Å². The van der Waals surface area contributed by atoms with Gasteiger partial charge in [-0.05, 0) is 0 Å². The average molecular weight is 268 g/mol. The van der Waals surface area contributed by atoms with Gasteiger partial charge in [0.05, 0.1) is 24.0 Å². The minimum absolute atomic E-state index is 0.128. The summed E-state index contributed by atoms with van der Waals surface area (Å²) in [5.41, 5.74) is -0.0429. The Bertz CT molecular complexity index is 495. The van der Waals surface area contributed by atoms with Gasteiger partial charge in [0.25, 0.3) is 0 Å². The number of rotatable bonds is 4. The number of carboxylic acid groups (broad SMARTS) is 1. The van der Waals surface area contributed by atoms with Gasteiger partial charge in [-0.25, -0.2) is 4.39 Å². The highest BCUT2D eigenvalue weighted by atomic mass is 19.1. The molecule has 2 N–H and O–H groups in total. The Balaban J connectivity index is 2.94. The Morgan fingerprint density at radius 2 is 2.05 bits per heavy atom. The molecule has 1 heterocycles. The van der Waals surface area contributed by atoms with Crippen molar-refractivity contribution in [1.29, 1.82) is 0 Å². The first kappa shape index (κ1) is 15.1. The number of carbonyl (C=O) groups is 2. The van der Waals surface area contributed by atoms with E-state index in [1.165, 1.54) is 0 Å². The van der Waals surface area contributed by atoms with Crippen LogP contribution in [-0.2, 0) is 16.0 Å². The molecule has 0 saturated carbocycles. The summed E-state index contributed by atoms with van der Waals surface area (Å²) in [7, 11) is 0. The number of anilines is 1. The van der Waals surface area contributed by atoms with E-state index < -0.39 is 17.2 Å². The van der Waals surface area contributed by atoms with E-state index in [0.29, 0.717) is 5.69 Å². The van der Waals surface area contributed by atoms with Gasteiger partial charge in [0, 0.05) is 17.9 Å². The molecule has 1 aromatic heterocycles. The summed E-state index contributed by atoms with van der Waals surface area (Å²) in [5, 5.41) is 11.2. The quantitative estimate of drug-likeness (QED) is 0.877. The van der Waals surface area contributed by atoms with Gasteiger partial charge in [-0.15, -0.1) is 0 Å². The van der Waals surface area contributed by atoms with Gasteiger partial charge < -0.3 is 10.4 Å². The zero-order valence-electron chi connectivity index (χ0n) is 11.2. The molecule has 0 aliphatic carbocycles. The van der Waals surface area contributed by atoms with E-state index in [2.05, 4.69) is 10.3 Å². The molecule has 6 heteroatoms. The van der Waals surface area contributed by atoms with Gasteiger partial charge >= 0.3 is 5.97 Å². The summed E-state index contributed by atoms with van der Waals surface area (Å²) >= 11 is 0. The number of halogens is 1. The van der Waals surface area contributed by atoms with Crippen molar-refractivity contribution in [1.82, 2.24) is 4.98 Å². The molecule has 0 aliphatic heterocycles. The second-order valence-electron chi connectivity index (χ2n) is 5.25. The number of pyridine rings is 1. The number of aromatic nitrogens is 1. The Morgan fingerprint density at radius 3 is 2.58 bits per heavy atom. The number of hydrogen-bond acceptors (Lipinski definition) is 3. The molecule has 19 heavy (non-hydrogen) atoms. The standard InChI is InChI=1S/C13H17FN2O3/c1-13(2,3)12(19)16-10-6-8(14)7-15-9(10)4-5-11(17)18/h6-7H,4-5H2,1-3H3,(H,16,19)(H,17,18). The van der Waals surface area contributed by atoms with Crippen molar-refractivity contribution in [3.63, 3.8) is 0 Å². The van der Waals surface area contributed by atoms with Crippen LogP contribution in [0.1, 0.15) is 32.9 Å². The third kappa shape index (κ3) is 4.65. The molecule has 0 unspecified atom stereocenters. The highest BCUT2D eigenvalue weighted by molar-refractivity contribution is 5.95. The molecular weight excluding hydrogens is 251 g/mol. The van der Waals surface area contributed by atoms with Crippen molar-refractivity contribution in [3.05, 3.63) is 23.8 Å². The average Bonchev–Trinajstić information content (AvgIpc) is 2.26. The fourth-order valence-electron chi connectivity index (χ4n) is 1.31. The predicted molar refractivity (Wildman–Crippen MR) is 68.2 cm³/mol. The SMILES string of the molecule is CC(C)(C)C(=O)Nc1cc(F)cnc1CCC(=O)O. The number of carboxylic acids is 1. The molecule has 1 aromatic rings. The Hall–Kier alpha value is -1.98. The van der Waals surface area contributed by atoms with Gasteiger partial charge in [-0.2, -0.15) is 0 Å². The monoisotopic (exact) mass is 268 g/mol. The summed E-state index contributed by atoms with van der Waals surface area (Å²) < 4.78 is 13.2. The normalized spacial score (nSPS) is 11.2. The molecule has 0 spiro atoms. The van der Waals surface area contributed by atoms with E-state index in [0.717, 1.165) is 12.3 Å². The molecule has 0 bridgehead atoms. The van der Waals surface area contributed by atoms with Crippen LogP contribution < -0.4 is 5.32 Å². The first-order valence-electron chi connectivity index (χ1n) is 5.88. The molecule has 0 radical (unpaired) electrons. The topological polar surface area (TPSA) is 79.3 Å². The van der Waals surface area contributed by atoms with Gasteiger partial charge in [-0.1, -0.05) is 20.8 Å². The lowest BCUT2D eigenvalue weighted by molar-refractivity contribution is -0.137. The highest BCUT2D eigenvalue weighted by Gasteiger charge is 2.22. The molecule has 5 nitrogen and oxygen atoms in total. The van der Waals surface area contributed by atoms with Crippen LogP contribution in [0, 0.1) is 11.2 Å². The highest BCUT2D eigenvalue weighted by Crippen LogP contribution is 2.21. The van der Waals surface area contributed by atoms with E-state index in [-0.39, 0.29) is 24.4 Å². The van der Waals surface area contributed by atoms with E-state index in [1.54, 1.807) is 20.8 Å². The number of nitrogens with zero attached hydrogens (tertiary/aromatic N) is 1. The first-order valence-corrected chi connectivity index (χ1v) is 5.88. The summed E-state index contributed by atoms with van der Waals surface area (Å²) in [6.45, 7) is 5.18. The third-order valence-electron chi connectivity index (χ3n) is 2.44. The van der Waals surface area contributed by atoms with E-state index in [1.807, 2.05) is 0 Å². The maximum Gasteiger partial charge on any atom is 0.303 e. The molecule has 0 fully saturated rings. The number of aryl methyl sites for hydroxylation is 1. The molecule has 0 aromatic carbocycles. The van der Waals surface area contributed by atoms with Crippen LogP contribution in [0.3, 0.4) is 0 Å². The minimum Gasteiger partial charge on any atom is -0.481 e. The van der Waals surface area contributed by atoms with Crippen molar-refractivity contribution in [2.24, 2.45) is 5.41 Å². The Morgan fingerprint density at radius 1 is 1.42 bits per heavy atom. The summed E-state index contributed by atoms with van der Waals surface area (Å²) in [5.74, 6) is -1.83. The molecule has 0 atom stereocenters. The second kappa shape index (κ2) is 5.77. The molecule has 104 valence electrons. The van der Waals surface area contributed by atoms with Gasteiger partial charge in [0.2, 0.25) is 5.91 Å². The molecule has 1 amide bonds. The third-order valence-corrected chi connectivity index (χ3v) is 2.44. The Labute approximate surface area is 110 Å². The van der Waals surface area contributed by atoms with Crippen LogP contribution in [0.5, 0.6) is 0 Å². The van der Waals surface area contributed by atoms with E-state index in [4.69, 9.17) is 5.11 Å². The minimum atomic E-state index is -0.973. The maximum atomic E-state index is 13.2. The van der Waals surface area contributed by atoms with Crippen LogP contribution >= 0.6 is 0 Å². The van der Waals surface area contributed by atoms with Crippen molar-refractivity contribution in [2.45, 2.75) is 33.6 Å². The molecule has 1 rings (SSSR count). The largest absolute Gasteiger partial charge is 0.481 e. The molecular formula is C13H17FN2O3. The maximum absolute atomic E-state index is 13.2. The van der Waals surface area contributed by atoms with Gasteiger partial charge in [0.1, 0.15) is 5.82 Å². The van der Waals surface area contributed by atoms with Crippen LogP contribution in [-0.4, -0.2) is 22.0 Å². The van der Waals surface area contributed by atoms with Crippen molar-refractivity contribution < 1.29 is 19.1 Å². The second-order valence-corrected chi connectivity index (χ2v) is 5.25. The number of nitrogens with one attached hydrogen (secondary N) is 1. The zero-order chi connectivity index (χ0) is 14.6. The fourth-order valence-corrected chi connectivity index (χ4v) is 1.31. The number of amides is 1. The van der Waals surface area contributed by atoms with E-state index >= 15 is 0 Å². The van der Waals surface area contributed by atoms with Crippen molar-refractivity contribution in [3.8, 4) is 0 Å². The number of hydrogen-bond donors (Lipinski definition) is 2. The smallest absolute Gasteiger partial charge is 0.303 e. The zero-order valence-corrected chi connectivity index (χ0v) is 11.2. The van der Waals surface area contributed by atoms with Crippen LogP contribution in [0.15, 0.2) is 12.3 Å². The summed E-state index contributed by atoms with van der Waals surface area (Å²) in [6.07, 6.45) is 1.01. The summed E-state index contributed by atoms with van der Waals surface area (Å²) in [4.78, 5) is 26.2. The fraction of sp³-hybridized carbons (Fsp3) is 0.462. The summed E-state index contributed by atoms with van der Waals surface area (Å²) in [6, 6.07) is 1.15. The first-order chi connectivity index (χ1) is 8.70. The predicted octanol–water partition coefficient (Wildman–Crippen LogP) is 2.22. The van der Waals surface area contributed by atoms with Crippen molar-refractivity contribution >= 4 is 17.6 Å². The van der Waals surface area contributed by atoms with Crippen LogP contribution in [0.25, 0.3) is 0 Å². The van der Waals surface area contributed by atoms with Gasteiger partial charge in [-0.3, -0.25) is 14.6 Å². The van der Waals surface area contributed by atoms with E-state index in [9.17, 15) is 14.0 Å².